The average Bonchev–Trinajstić information content (AvgIpc) is 3.16. The topological polar surface area (TPSA) is 90.2 Å². The van der Waals surface area contributed by atoms with Crippen LogP contribution < -0.4 is 16.2 Å². The van der Waals surface area contributed by atoms with E-state index in [4.69, 9.17) is 4.74 Å². The number of benzene rings is 2. The van der Waals surface area contributed by atoms with Crippen LogP contribution in [0, 0.1) is 0 Å². The molecule has 2 aromatic heterocycles. The highest BCUT2D eigenvalue weighted by atomic mass is 16.5. The maximum Gasteiger partial charge on any atom is 0.261 e. The van der Waals surface area contributed by atoms with Gasteiger partial charge in [-0.15, -0.1) is 0 Å². The fraction of sp³-hybridized carbons (Fsp3) is 0.292. The third-order valence-electron chi connectivity index (χ3n) is 5.93. The van der Waals surface area contributed by atoms with Crippen molar-refractivity contribution in [2.75, 3.05) is 18.5 Å². The summed E-state index contributed by atoms with van der Waals surface area (Å²) in [5, 5.41) is 13.1. The molecule has 1 aliphatic rings. The number of ether oxygens (including phenoxy) is 1. The summed E-state index contributed by atoms with van der Waals surface area (Å²) in [5.74, 6) is -0.161. The maximum atomic E-state index is 13.3. The molecule has 1 amide bonds. The summed E-state index contributed by atoms with van der Waals surface area (Å²) in [5.41, 5.74) is 2.40. The van der Waals surface area contributed by atoms with Crippen molar-refractivity contribution in [1.29, 1.82) is 0 Å². The number of hydrogen-bond donors (Lipinski definition) is 2. The molecule has 8 heteroatoms. The number of aryl methyl sites for hydroxylation is 1. The molecule has 5 rings (SSSR count). The largest absolute Gasteiger partial charge is 0.381 e. The van der Waals surface area contributed by atoms with Gasteiger partial charge in [-0.1, -0.05) is 12.1 Å². The highest BCUT2D eigenvalue weighted by Gasteiger charge is 2.17. The molecule has 2 N–H and O–H groups in total. The van der Waals surface area contributed by atoms with Crippen LogP contribution in [0.3, 0.4) is 0 Å². The Morgan fingerprint density at radius 1 is 1.16 bits per heavy atom. The van der Waals surface area contributed by atoms with E-state index in [1.165, 1.54) is 4.57 Å². The number of nitrogens with zero attached hydrogens (tertiary/aromatic N) is 3. The van der Waals surface area contributed by atoms with Gasteiger partial charge in [0.15, 0.2) is 0 Å². The summed E-state index contributed by atoms with van der Waals surface area (Å²) in [4.78, 5) is 25.8. The minimum Gasteiger partial charge on any atom is -0.381 e. The van der Waals surface area contributed by atoms with Gasteiger partial charge < -0.3 is 19.9 Å². The molecule has 0 bridgehead atoms. The Labute approximate surface area is 184 Å². The van der Waals surface area contributed by atoms with Crippen molar-refractivity contribution >= 4 is 39.0 Å². The van der Waals surface area contributed by atoms with Gasteiger partial charge in [0.1, 0.15) is 6.54 Å². The lowest BCUT2D eigenvalue weighted by molar-refractivity contribution is -0.123. The van der Waals surface area contributed by atoms with Gasteiger partial charge in [0.05, 0.1) is 22.8 Å². The smallest absolute Gasteiger partial charge is 0.261 e. The van der Waals surface area contributed by atoms with Gasteiger partial charge in [0.25, 0.3) is 5.56 Å². The number of pyridine rings is 1. The number of amides is 1. The molecule has 164 valence electrons. The zero-order valence-corrected chi connectivity index (χ0v) is 17.9. The first-order valence-electron chi connectivity index (χ1n) is 10.8. The number of hydrogen-bond acceptors (Lipinski definition) is 5. The van der Waals surface area contributed by atoms with Crippen molar-refractivity contribution in [3.05, 3.63) is 65.2 Å². The number of fused-ring (bicyclic) bond motifs is 2. The van der Waals surface area contributed by atoms with Gasteiger partial charge in [-0.25, -0.2) is 0 Å². The monoisotopic (exact) mass is 431 g/mol. The molecule has 1 fully saturated rings. The molecule has 0 radical (unpaired) electrons. The molecule has 3 heterocycles. The first-order valence-corrected chi connectivity index (χ1v) is 10.8. The Hall–Kier alpha value is -3.65. The normalized spacial score (nSPS) is 14.7. The van der Waals surface area contributed by atoms with E-state index in [1.807, 2.05) is 60.4 Å². The summed E-state index contributed by atoms with van der Waals surface area (Å²) < 4.78 is 8.62. The van der Waals surface area contributed by atoms with Crippen LogP contribution in [0.2, 0.25) is 0 Å². The van der Waals surface area contributed by atoms with Gasteiger partial charge in [-0.05, 0) is 48.6 Å². The number of anilines is 2. The Kier molecular flexibility index (Phi) is 5.36. The van der Waals surface area contributed by atoms with E-state index in [1.54, 1.807) is 6.20 Å². The predicted octanol–water partition coefficient (Wildman–Crippen LogP) is 2.93. The average molecular weight is 431 g/mol. The minimum absolute atomic E-state index is 0.0118. The van der Waals surface area contributed by atoms with Gasteiger partial charge in [0.2, 0.25) is 5.91 Å². The highest BCUT2D eigenvalue weighted by Crippen LogP contribution is 2.26. The molecule has 4 aromatic rings. The second kappa shape index (κ2) is 8.47. The number of carbonyl (C=O) groups excluding carboxylic acids is 1. The minimum atomic E-state index is -0.199. The standard InChI is InChI=1S/C24H25N5O3/c1-28-21-6-5-19(13-17(21)14-25-28)26-20-4-2-3-16-7-10-29(24(31)23(16)20)15-22(30)27-18-8-11-32-12-9-18/h2-7,10,13-14,18,26H,8-9,11-12,15H2,1H3,(H,27,30). The Morgan fingerprint density at radius 3 is 2.84 bits per heavy atom. The van der Waals surface area contributed by atoms with Crippen molar-refractivity contribution in [3.63, 3.8) is 0 Å². The summed E-state index contributed by atoms with van der Waals surface area (Å²) >= 11 is 0. The van der Waals surface area contributed by atoms with Crippen LogP contribution in [-0.2, 0) is 23.1 Å². The fourth-order valence-electron chi connectivity index (χ4n) is 4.22. The molecule has 8 nitrogen and oxygen atoms in total. The Bertz CT molecular complexity index is 1350. The molecule has 2 aromatic carbocycles. The second-order valence-electron chi connectivity index (χ2n) is 8.14. The van der Waals surface area contributed by atoms with Crippen LogP contribution in [-0.4, -0.2) is 39.5 Å². The van der Waals surface area contributed by atoms with E-state index >= 15 is 0 Å². The van der Waals surface area contributed by atoms with Crippen molar-refractivity contribution in [2.45, 2.75) is 25.4 Å². The number of carbonyl (C=O) groups is 1. The third kappa shape index (κ3) is 3.97. The highest BCUT2D eigenvalue weighted by molar-refractivity contribution is 5.95. The van der Waals surface area contributed by atoms with Gasteiger partial charge in [0, 0.05) is 43.6 Å². The van der Waals surface area contributed by atoms with E-state index < -0.39 is 0 Å². The third-order valence-corrected chi connectivity index (χ3v) is 5.93. The van der Waals surface area contributed by atoms with Crippen molar-refractivity contribution < 1.29 is 9.53 Å². The fourth-order valence-corrected chi connectivity index (χ4v) is 4.22. The zero-order valence-electron chi connectivity index (χ0n) is 17.9. The van der Waals surface area contributed by atoms with Gasteiger partial charge in [-0.2, -0.15) is 5.10 Å². The van der Waals surface area contributed by atoms with Crippen LogP contribution in [0.4, 0.5) is 11.4 Å². The molecule has 0 spiro atoms. The molecule has 0 unspecified atom stereocenters. The van der Waals surface area contributed by atoms with Gasteiger partial charge >= 0.3 is 0 Å². The maximum absolute atomic E-state index is 13.3. The summed E-state index contributed by atoms with van der Waals surface area (Å²) in [6.07, 6.45) is 5.09. The molecule has 32 heavy (non-hydrogen) atoms. The van der Waals surface area contributed by atoms with E-state index in [-0.39, 0.29) is 24.1 Å². The number of aromatic nitrogens is 3. The second-order valence-corrected chi connectivity index (χ2v) is 8.14. The Balaban J connectivity index is 1.43. The van der Waals surface area contributed by atoms with Gasteiger partial charge in [-0.3, -0.25) is 14.3 Å². The van der Waals surface area contributed by atoms with Crippen LogP contribution >= 0.6 is 0 Å². The molecule has 1 aliphatic heterocycles. The zero-order chi connectivity index (χ0) is 22.1. The SMILES string of the molecule is Cn1ncc2cc(Nc3cccc4ccn(CC(=O)NC5CCOCC5)c(=O)c34)ccc21. The van der Waals surface area contributed by atoms with Crippen molar-refractivity contribution in [2.24, 2.45) is 7.05 Å². The quantitative estimate of drug-likeness (QED) is 0.507. The molecular formula is C24H25N5O3. The first kappa shape index (κ1) is 20.3. The first-order chi connectivity index (χ1) is 15.6. The predicted molar refractivity (Wildman–Crippen MR) is 124 cm³/mol. The number of rotatable bonds is 5. The van der Waals surface area contributed by atoms with Crippen LogP contribution in [0.25, 0.3) is 21.7 Å². The Morgan fingerprint density at radius 2 is 2.00 bits per heavy atom. The van der Waals surface area contributed by atoms with E-state index in [2.05, 4.69) is 15.7 Å². The lowest BCUT2D eigenvalue weighted by Gasteiger charge is -2.23. The van der Waals surface area contributed by atoms with Crippen LogP contribution in [0.5, 0.6) is 0 Å². The molecule has 0 saturated carbocycles. The van der Waals surface area contributed by atoms with Crippen LogP contribution in [0.1, 0.15) is 12.8 Å². The van der Waals surface area contributed by atoms with Crippen LogP contribution in [0.15, 0.2) is 59.7 Å². The molecule has 0 aliphatic carbocycles. The number of nitrogens with one attached hydrogen (secondary N) is 2. The van der Waals surface area contributed by atoms with Crippen molar-refractivity contribution in [3.8, 4) is 0 Å². The lowest BCUT2D eigenvalue weighted by Crippen LogP contribution is -2.41. The van der Waals surface area contributed by atoms with E-state index in [9.17, 15) is 9.59 Å². The van der Waals surface area contributed by atoms with E-state index in [0.29, 0.717) is 24.3 Å². The summed E-state index contributed by atoms with van der Waals surface area (Å²) in [7, 11) is 1.90. The molecule has 0 atom stereocenters. The summed E-state index contributed by atoms with van der Waals surface area (Å²) in [6, 6.07) is 13.6. The molecule has 1 saturated heterocycles. The van der Waals surface area contributed by atoms with E-state index in [0.717, 1.165) is 34.8 Å². The molecular weight excluding hydrogens is 406 g/mol. The van der Waals surface area contributed by atoms with Crippen molar-refractivity contribution in [1.82, 2.24) is 19.7 Å². The lowest BCUT2D eigenvalue weighted by atomic mass is 10.1. The summed E-state index contributed by atoms with van der Waals surface area (Å²) in [6.45, 7) is 1.30.